The predicted molar refractivity (Wildman–Crippen MR) is 63.8 cm³/mol. The van der Waals surface area contributed by atoms with Crippen LogP contribution in [0.15, 0.2) is 18.8 Å². The normalized spacial score (nSPS) is 14.4. The zero-order valence-corrected chi connectivity index (χ0v) is 9.77. The Kier molecular flexibility index (Phi) is 3.13. The van der Waals surface area contributed by atoms with E-state index in [1.54, 1.807) is 12.3 Å². The molecule has 0 atom stereocenters. The smallest absolute Gasteiger partial charge is 0.338 e. The summed E-state index contributed by atoms with van der Waals surface area (Å²) in [7, 11) is 0. The Bertz CT molecular complexity index is 464. The van der Waals surface area contributed by atoms with Crippen LogP contribution in [-0.4, -0.2) is 22.7 Å². The minimum Gasteiger partial charge on any atom is -0.492 e. The molecule has 4 heteroatoms. The van der Waals surface area contributed by atoms with Gasteiger partial charge in [-0.3, -0.25) is 4.98 Å². The summed E-state index contributed by atoms with van der Waals surface area (Å²) in [6.07, 6.45) is 3.72. The van der Waals surface area contributed by atoms with Crippen molar-refractivity contribution in [1.29, 1.82) is 0 Å². The fourth-order valence-electron chi connectivity index (χ4n) is 1.89. The van der Waals surface area contributed by atoms with E-state index in [0.29, 0.717) is 24.0 Å². The molecule has 1 saturated carbocycles. The van der Waals surface area contributed by atoms with Gasteiger partial charge in [0, 0.05) is 6.20 Å². The molecule has 1 aliphatic carbocycles. The van der Waals surface area contributed by atoms with Crippen molar-refractivity contribution >= 4 is 11.7 Å². The van der Waals surface area contributed by atoms with E-state index >= 15 is 0 Å². The van der Waals surface area contributed by atoms with Gasteiger partial charge in [-0.25, -0.2) is 4.79 Å². The first-order valence-corrected chi connectivity index (χ1v) is 5.69. The number of pyridine rings is 1. The van der Waals surface area contributed by atoms with Crippen molar-refractivity contribution in [1.82, 2.24) is 4.98 Å². The largest absolute Gasteiger partial charge is 0.492 e. The molecule has 4 nitrogen and oxygen atoms in total. The van der Waals surface area contributed by atoms with Crippen molar-refractivity contribution in [3.63, 3.8) is 0 Å². The van der Waals surface area contributed by atoms with Gasteiger partial charge in [-0.05, 0) is 37.3 Å². The number of rotatable bonds is 5. The summed E-state index contributed by atoms with van der Waals surface area (Å²) in [5.74, 6) is -0.277. The van der Waals surface area contributed by atoms with Crippen LogP contribution in [0.5, 0.6) is 0 Å². The maximum absolute atomic E-state index is 11.3. The lowest BCUT2D eigenvalue weighted by Crippen LogP contribution is -2.09. The Morgan fingerprint density at radius 2 is 2.35 bits per heavy atom. The Balaban J connectivity index is 2.46. The number of carboxylic acids is 1. The van der Waals surface area contributed by atoms with Crippen molar-refractivity contribution in [2.75, 3.05) is 6.61 Å². The van der Waals surface area contributed by atoms with Crippen molar-refractivity contribution in [3.05, 3.63) is 35.7 Å². The Morgan fingerprint density at radius 1 is 1.65 bits per heavy atom. The molecule has 1 fully saturated rings. The molecule has 0 aromatic carbocycles. The van der Waals surface area contributed by atoms with Gasteiger partial charge in [-0.15, -0.1) is 0 Å². The molecule has 0 bridgehead atoms. The standard InChI is InChI=1S/C13H15NO3/c1-3-17-8(2)12-11(13(15)16)10(6-7-14-12)9-4-5-9/h6-7,9H,2-5H2,1H3,(H,15,16). The summed E-state index contributed by atoms with van der Waals surface area (Å²) < 4.78 is 5.25. The van der Waals surface area contributed by atoms with E-state index in [1.807, 2.05) is 6.92 Å². The van der Waals surface area contributed by atoms with E-state index < -0.39 is 5.97 Å². The van der Waals surface area contributed by atoms with Crippen LogP contribution in [0.4, 0.5) is 0 Å². The third kappa shape index (κ3) is 2.30. The zero-order chi connectivity index (χ0) is 12.4. The second kappa shape index (κ2) is 4.57. The number of aromatic nitrogens is 1. The second-order valence-corrected chi connectivity index (χ2v) is 4.06. The van der Waals surface area contributed by atoms with Gasteiger partial charge in [0.1, 0.15) is 11.5 Å². The Hall–Kier alpha value is -1.84. The SMILES string of the molecule is C=C(OCC)c1nccc(C2CC2)c1C(=O)O. The summed E-state index contributed by atoms with van der Waals surface area (Å²) in [6, 6.07) is 1.78. The van der Waals surface area contributed by atoms with E-state index in [2.05, 4.69) is 11.6 Å². The summed E-state index contributed by atoms with van der Waals surface area (Å²) in [4.78, 5) is 15.4. The monoisotopic (exact) mass is 233 g/mol. The molecule has 1 aromatic heterocycles. The predicted octanol–water partition coefficient (Wildman–Crippen LogP) is 2.66. The van der Waals surface area contributed by atoms with Gasteiger partial charge in [-0.1, -0.05) is 6.58 Å². The number of carboxylic acid groups (broad SMARTS) is 1. The van der Waals surface area contributed by atoms with Gasteiger partial charge >= 0.3 is 5.97 Å². The molecule has 90 valence electrons. The van der Waals surface area contributed by atoms with E-state index in [4.69, 9.17) is 4.74 Å². The van der Waals surface area contributed by atoms with E-state index in [9.17, 15) is 9.90 Å². The number of carbonyl (C=O) groups is 1. The van der Waals surface area contributed by atoms with Crippen molar-refractivity contribution in [3.8, 4) is 0 Å². The van der Waals surface area contributed by atoms with Gasteiger partial charge in [0.25, 0.3) is 0 Å². The quantitative estimate of drug-likeness (QED) is 0.794. The maximum Gasteiger partial charge on any atom is 0.338 e. The number of ether oxygens (including phenoxy) is 1. The van der Waals surface area contributed by atoms with Crippen LogP contribution in [0.1, 0.15) is 47.3 Å². The van der Waals surface area contributed by atoms with Crippen LogP contribution in [0.25, 0.3) is 5.76 Å². The molecule has 0 saturated heterocycles. The van der Waals surface area contributed by atoms with Gasteiger partial charge in [0.2, 0.25) is 0 Å². The van der Waals surface area contributed by atoms with Crippen molar-refractivity contribution in [2.45, 2.75) is 25.7 Å². The summed E-state index contributed by atoms with van der Waals surface area (Å²) in [6.45, 7) is 6.01. The minimum atomic E-state index is -0.962. The number of nitrogens with zero attached hydrogens (tertiary/aromatic N) is 1. The van der Waals surface area contributed by atoms with E-state index in [1.165, 1.54) is 0 Å². The molecule has 1 heterocycles. The fraction of sp³-hybridized carbons (Fsp3) is 0.385. The first-order chi connectivity index (χ1) is 8.15. The molecule has 0 unspecified atom stereocenters. The molecular weight excluding hydrogens is 218 g/mol. The van der Waals surface area contributed by atoms with Crippen LogP contribution >= 0.6 is 0 Å². The molecule has 0 radical (unpaired) electrons. The molecule has 1 N–H and O–H groups in total. The van der Waals surface area contributed by atoms with Crippen molar-refractivity contribution < 1.29 is 14.6 Å². The average Bonchev–Trinajstić information content (AvgIpc) is 3.12. The van der Waals surface area contributed by atoms with Gasteiger partial charge in [-0.2, -0.15) is 0 Å². The third-order valence-corrected chi connectivity index (χ3v) is 2.80. The molecule has 1 aromatic rings. The Labute approximate surface area is 99.9 Å². The first-order valence-electron chi connectivity index (χ1n) is 5.69. The highest BCUT2D eigenvalue weighted by Crippen LogP contribution is 2.42. The average molecular weight is 233 g/mol. The molecular formula is C13H15NO3. The molecule has 1 aliphatic rings. The van der Waals surface area contributed by atoms with Crippen LogP contribution in [0.2, 0.25) is 0 Å². The van der Waals surface area contributed by atoms with Crippen LogP contribution in [0, 0.1) is 0 Å². The highest BCUT2D eigenvalue weighted by atomic mass is 16.5. The highest BCUT2D eigenvalue weighted by Gasteiger charge is 2.30. The molecule has 0 amide bonds. The highest BCUT2D eigenvalue weighted by molar-refractivity contribution is 5.94. The number of hydrogen-bond donors (Lipinski definition) is 1. The molecule has 17 heavy (non-hydrogen) atoms. The van der Waals surface area contributed by atoms with Crippen LogP contribution in [-0.2, 0) is 4.74 Å². The second-order valence-electron chi connectivity index (χ2n) is 4.06. The van der Waals surface area contributed by atoms with Gasteiger partial charge in [0.15, 0.2) is 0 Å². The fourth-order valence-corrected chi connectivity index (χ4v) is 1.89. The number of hydrogen-bond acceptors (Lipinski definition) is 3. The maximum atomic E-state index is 11.3. The Morgan fingerprint density at radius 3 is 2.88 bits per heavy atom. The van der Waals surface area contributed by atoms with Crippen LogP contribution in [0.3, 0.4) is 0 Å². The van der Waals surface area contributed by atoms with E-state index in [-0.39, 0.29) is 5.56 Å². The number of aromatic carboxylic acids is 1. The molecule has 0 spiro atoms. The summed E-state index contributed by atoms with van der Waals surface area (Å²) >= 11 is 0. The van der Waals surface area contributed by atoms with Crippen LogP contribution < -0.4 is 0 Å². The van der Waals surface area contributed by atoms with E-state index in [0.717, 1.165) is 18.4 Å². The minimum absolute atomic E-state index is 0.244. The zero-order valence-electron chi connectivity index (χ0n) is 9.77. The lowest BCUT2D eigenvalue weighted by Gasteiger charge is -2.12. The molecule has 2 rings (SSSR count). The van der Waals surface area contributed by atoms with Crippen molar-refractivity contribution in [2.24, 2.45) is 0 Å². The summed E-state index contributed by atoms with van der Waals surface area (Å²) in [5.41, 5.74) is 1.44. The topological polar surface area (TPSA) is 59.4 Å². The summed E-state index contributed by atoms with van der Waals surface area (Å²) in [5, 5.41) is 9.30. The third-order valence-electron chi connectivity index (χ3n) is 2.80. The van der Waals surface area contributed by atoms with Gasteiger partial charge < -0.3 is 9.84 Å². The molecule has 0 aliphatic heterocycles. The lowest BCUT2D eigenvalue weighted by molar-refractivity contribution is 0.0694. The first kappa shape index (κ1) is 11.6. The lowest BCUT2D eigenvalue weighted by atomic mass is 10.0. The van der Waals surface area contributed by atoms with Gasteiger partial charge in [0.05, 0.1) is 12.2 Å².